The lowest BCUT2D eigenvalue weighted by Crippen LogP contribution is -2.31. The van der Waals surface area contributed by atoms with E-state index in [4.69, 9.17) is 21.7 Å². The number of benzene rings is 1. The standard InChI is InChI=1S/C11H12BrN3O2S/c1-2-13-11(18)15-14-5-7-3-9-10(4-8(7)12)17-6-16-9/h3-5H,2,6H2,1H3,(H2,13,15,18)/b14-5-. The van der Waals surface area contributed by atoms with E-state index < -0.39 is 0 Å². The molecule has 7 heteroatoms. The topological polar surface area (TPSA) is 54.9 Å². The van der Waals surface area contributed by atoms with Crippen LogP contribution in [0.3, 0.4) is 0 Å². The molecule has 1 aliphatic rings. The van der Waals surface area contributed by atoms with Gasteiger partial charge in [0.05, 0.1) is 6.21 Å². The summed E-state index contributed by atoms with van der Waals surface area (Å²) >= 11 is 8.43. The van der Waals surface area contributed by atoms with Gasteiger partial charge >= 0.3 is 0 Å². The van der Waals surface area contributed by atoms with E-state index in [1.54, 1.807) is 6.21 Å². The average Bonchev–Trinajstić information content (AvgIpc) is 2.76. The Morgan fingerprint density at radius 2 is 2.22 bits per heavy atom. The van der Waals surface area contributed by atoms with Gasteiger partial charge in [0.1, 0.15) is 0 Å². The van der Waals surface area contributed by atoms with Crippen molar-refractivity contribution in [1.82, 2.24) is 10.7 Å². The Bertz CT molecular complexity index is 493. The first-order valence-electron chi connectivity index (χ1n) is 5.36. The molecule has 1 aliphatic heterocycles. The lowest BCUT2D eigenvalue weighted by Gasteiger charge is -2.04. The van der Waals surface area contributed by atoms with Crippen LogP contribution in [0.15, 0.2) is 21.7 Å². The molecule has 0 unspecified atom stereocenters. The Morgan fingerprint density at radius 1 is 1.50 bits per heavy atom. The van der Waals surface area contributed by atoms with Gasteiger partial charge in [0, 0.05) is 16.6 Å². The Balaban J connectivity index is 2.05. The quantitative estimate of drug-likeness (QED) is 0.504. The molecule has 2 rings (SSSR count). The number of nitrogens with zero attached hydrogens (tertiary/aromatic N) is 1. The van der Waals surface area contributed by atoms with Crippen molar-refractivity contribution >= 4 is 39.5 Å². The molecular weight excluding hydrogens is 318 g/mol. The Hall–Kier alpha value is -1.34. The second-order valence-electron chi connectivity index (χ2n) is 3.46. The van der Waals surface area contributed by atoms with E-state index in [1.807, 2.05) is 19.1 Å². The number of hydrogen-bond acceptors (Lipinski definition) is 4. The summed E-state index contributed by atoms with van der Waals surface area (Å²) in [6.45, 7) is 2.98. The second-order valence-corrected chi connectivity index (χ2v) is 4.72. The molecule has 0 saturated heterocycles. The van der Waals surface area contributed by atoms with Crippen LogP contribution < -0.4 is 20.2 Å². The summed E-state index contributed by atoms with van der Waals surface area (Å²) in [6.07, 6.45) is 1.66. The maximum atomic E-state index is 5.30. The predicted molar refractivity (Wildman–Crippen MR) is 77.3 cm³/mol. The molecule has 0 radical (unpaired) electrons. The first-order valence-corrected chi connectivity index (χ1v) is 6.57. The number of rotatable bonds is 3. The highest BCUT2D eigenvalue weighted by molar-refractivity contribution is 9.10. The minimum atomic E-state index is 0.255. The molecule has 1 aromatic rings. The lowest BCUT2D eigenvalue weighted by atomic mass is 10.2. The van der Waals surface area contributed by atoms with Crippen LogP contribution in [-0.2, 0) is 0 Å². The molecule has 0 spiro atoms. The summed E-state index contributed by atoms with van der Waals surface area (Å²) in [7, 11) is 0. The van der Waals surface area contributed by atoms with E-state index >= 15 is 0 Å². The zero-order valence-corrected chi connectivity index (χ0v) is 12.1. The van der Waals surface area contributed by atoms with Gasteiger partial charge in [-0.25, -0.2) is 0 Å². The summed E-state index contributed by atoms with van der Waals surface area (Å²) in [5.41, 5.74) is 3.60. The van der Waals surface area contributed by atoms with Crippen LogP contribution in [0.5, 0.6) is 11.5 Å². The molecule has 0 saturated carbocycles. The number of hydrogen-bond donors (Lipinski definition) is 2. The van der Waals surface area contributed by atoms with E-state index in [1.165, 1.54) is 0 Å². The first-order chi connectivity index (χ1) is 8.70. The third-order valence-electron chi connectivity index (χ3n) is 2.20. The van der Waals surface area contributed by atoms with E-state index in [2.05, 4.69) is 31.8 Å². The van der Waals surface area contributed by atoms with Gasteiger partial charge in [-0.15, -0.1) is 0 Å². The van der Waals surface area contributed by atoms with Crippen molar-refractivity contribution in [2.24, 2.45) is 5.10 Å². The van der Waals surface area contributed by atoms with Crippen molar-refractivity contribution in [3.8, 4) is 11.5 Å². The van der Waals surface area contributed by atoms with Crippen LogP contribution in [0.25, 0.3) is 0 Å². The highest BCUT2D eigenvalue weighted by atomic mass is 79.9. The van der Waals surface area contributed by atoms with E-state index in [9.17, 15) is 0 Å². The molecule has 0 fully saturated rings. The van der Waals surface area contributed by atoms with Gasteiger partial charge in [-0.3, -0.25) is 5.43 Å². The summed E-state index contributed by atoms with van der Waals surface area (Å²) in [4.78, 5) is 0. The number of nitrogens with one attached hydrogen (secondary N) is 2. The summed E-state index contributed by atoms with van der Waals surface area (Å²) < 4.78 is 11.4. The molecule has 0 aliphatic carbocycles. The van der Waals surface area contributed by atoms with Crippen LogP contribution in [0.4, 0.5) is 0 Å². The predicted octanol–water partition coefficient (Wildman–Crippen LogP) is 2.00. The van der Waals surface area contributed by atoms with Gasteiger partial charge in [0.15, 0.2) is 16.6 Å². The smallest absolute Gasteiger partial charge is 0.231 e. The molecule has 0 aromatic heterocycles. The minimum Gasteiger partial charge on any atom is -0.454 e. The van der Waals surface area contributed by atoms with Crippen molar-refractivity contribution in [3.05, 3.63) is 22.2 Å². The van der Waals surface area contributed by atoms with Gasteiger partial charge in [0.25, 0.3) is 0 Å². The Labute approximate surface area is 119 Å². The van der Waals surface area contributed by atoms with Gasteiger partial charge in [-0.2, -0.15) is 5.10 Å². The van der Waals surface area contributed by atoms with Gasteiger partial charge in [0.2, 0.25) is 6.79 Å². The average molecular weight is 330 g/mol. The lowest BCUT2D eigenvalue weighted by molar-refractivity contribution is 0.174. The first kappa shape index (κ1) is 13.1. The largest absolute Gasteiger partial charge is 0.454 e. The molecule has 18 heavy (non-hydrogen) atoms. The number of thiocarbonyl (C=S) groups is 1. The SMILES string of the molecule is CCNC(=S)N/N=C\c1cc2c(cc1Br)OCO2. The molecule has 96 valence electrons. The molecule has 0 atom stereocenters. The number of fused-ring (bicyclic) bond motifs is 1. The van der Waals surface area contributed by atoms with Crippen molar-refractivity contribution in [2.45, 2.75) is 6.92 Å². The van der Waals surface area contributed by atoms with Crippen molar-refractivity contribution < 1.29 is 9.47 Å². The van der Waals surface area contributed by atoms with Crippen molar-refractivity contribution in [1.29, 1.82) is 0 Å². The van der Waals surface area contributed by atoms with E-state index in [0.29, 0.717) is 10.9 Å². The summed E-state index contributed by atoms with van der Waals surface area (Å²) in [5, 5.41) is 7.47. The normalized spacial score (nSPS) is 12.8. The van der Waals surface area contributed by atoms with Crippen LogP contribution in [0.2, 0.25) is 0 Å². The van der Waals surface area contributed by atoms with Crippen molar-refractivity contribution in [3.63, 3.8) is 0 Å². The van der Waals surface area contributed by atoms with Gasteiger partial charge in [-0.05, 0) is 47.2 Å². The maximum Gasteiger partial charge on any atom is 0.231 e. The fourth-order valence-corrected chi connectivity index (χ4v) is 2.01. The summed E-state index contributed by atoms with van der Waals surface area (Å²) in [5.74, 6) is 1.45. The fraction of sp³-hybridized carbons (Fsp3) is 0.273. The van der Waals surface area contributed by atoms with Crippen molar-refractivity contribution in [2.75, 3.05) is 13.3 Å². The van der Waals surface area contributed by atoms with Crippen LogP contribution >= 0.6 is 28.1 Å². The maximum absolute atomic E-state index is 5.30. The third-order valence-corrected chi connectivity index (χ3v) is 3.12. The summed E-state index contributed by atoms with van der Waals surface area (Å²) in [6, 6.07) is 3.71. The highest BCUT2D eigenvalue weighted by Gasteiger charge is 2.15. The number of ether oxygens (including phenoxy) is 2. The zero-order chi connectivity index (χ0) is 13.0. The molecule has 2 N–H and O–H groups in total. The molecular formula is C11H12BrN3O2S. The van der Waals surface area contributed by atoms with Crippen LogP contribution in [-0.4, -0.2) is 24.7 Å². The third kappa shape index (κ3) is 3.11. The fourth-order valence-electron chi connectivity index (χ4n) is 1.39. The second kappa shape index (κ2) is 6.01. The van der Waals surface area contributed by atoms with Crippen LogP contribution in [0.1, 0.15) is 12.5 Å². The van der Waals surface area contributed by atoms with Gasteiger partial charge in [-0.1, -0.05) is 0 Å². The molecule has 5 nitrogen and oxygen atoms in total. The highest BCUT2D eigenvalue weighted by Crippen LogP contribution is 2.36. The zero-order valence-electron chi connectivity index (χ0n) is 9.70. The van der Waals surface area contributed by atoms with E-state index in [0.717, 1.165) is 22.3 Å². The molecule has 1 aromatic carbocycles. The number of halogens is 1. The molecule has 0 amide bonds. The molecule has 0 bridgehead atoms. The molecule has 1 heterocycles. The van der Waals surface area contributed by atoms with E-state index in [-0.39, 0.29) is 6.79 Å². The number of hydrazone groups is 1. The van der Waals surface area contributed by atoms with Gasteiger partial charge < -0.3 is 14.8 Å². The minimum absolute atomic E-state index is 0.255. The van der Waals surface area contributed by atoms with Crippen LogP contribution in [0, 0.1) is 0 Å². The Kier molecular flexibility index (Phi) is 4.38. The Morgan fingerprint density at radius 3 is 2.94 bits per heavy atom. The monoisotopic (exact) mass is 329 g/mol.